The molecule has 3 heteroatoms. The second-order valence-electron chi connectivity index (χ2n) is 3.25. The Kier molecular flexibility index (Phi) is 2.43. The molecule has 2 aromatic rings. The van der Waals surface area contributed by atoms with E-state index < -0.39 is 0 Å². The van der Waals surface area contributed by atoms with Crippen LogP contribution in [0.25, 0.3) is 10.8 Å². The summed E-state index contributed by atoms with van der Waals surface area (Å²) in [7, 11) is 0. The zero-order valence-electron chi connectivity index (χ0n) is 7.72. The smallest absolute Gasteiger partial charge is 0.0705 e. The predicted octanol–water partition coefficient (Wildman–Crippen LogP) is 1.23. The molecular weight excluding hydrogens is 176 g/mol. The number of nitrogens with zero attached hydrogens (tertiary/aromatic N) is 1. The molecule has 0 amide bonds. The van der Waals surface area contributed by atoms with Gasteiger partial charge in [0.2, 0.25) is 0 Å². The van der Waals surface area contributed by atoms with Crippen molar-refractivity contribution in [2.24, 2.45) is 5.73 Å². The van der Waals surface area contributed by atoms with E-state index in [4.69, 9.17) is 10.8 Å². The summed E-state index contributed by atoms with van der Waals surface area (Å²) in [6.07, 6.45) is 1.78. The summed E-state index contributed by atoms with van der Waals surface area (Å²) in [5.41, 5.74) is 6.40. The Bertz CT molecular complexity index is 442. The lowest BCUT2D eigenvalue weighted by Gasteiger charge is -2.07. The van der Waals surface area contributed by atoms with Crippen molar-refractivity contribution >= 4 is 10.8 Å². The number of aliphatic hydroxyl groups excluding tert-OH is 1. The molecule has 0 fully saturated rings. The molecule has 1 aromatic carbocycles. The van der Waals surface area contributed by atoms with E-state index in [2.05, 4.69) is 4.98 Å². The number of hydrogen-bond donors (Lipinski definition) is 2. The van der Waals surface area contributed by atoms with Crippen LogP contribution in [0, 0.1) is 0 Å². The third kappa shape index (κ3) is 1.60. The van der Waals surface area contributed by atoms with Crippen LogP contribution < -0.4 is 5.73 Å². The number of benzene rings is 1. The predicted molar refractivity (Wildman–Crippen MR) is 55.8 cm³/mol. The Morgan fingerprint density at radius 2 is 2.00 bits per heavy atom. The van der Waals surface area contributed by atoms with Gasteiger partial charge in [-0.1, -0.05) is 24.3 Å². The Morgan fingerprint density at radius 3 is 2.71 bits per heavy atom. The summed E-state index contributed by atoms with van der Waals surface area (Å²) in [5.74, 6) is 0. The zero-order chi connectivity index (χ0) is 9.97. The highest BCUT2D eigenvalue weighted by molar-refractivity contribution is 5.81. The van der Waals surface area contributed by atoms with Crippen LogP contribution >= 0.6 is 0 Å². The van der Waals surface area contributed by atoms with Crippen molar-refractivity contribution < 1.29 is 5.11 Å². The van der Waals surface area contributed by atoms with Gasteiger partial charge < -0.3 is 10.8 Å². The molecule has 0 spiro atoms. The number of rotatable bonds is 2. The van der Waals surface area contributed by atoms with Crippen LogP contribution in [0.15, 0.2) is 36.5 Å². The van der Waals surface area contributed by atoms with E-state index in [0.717, 1.165) is 16.5 Å². The number of aliphatic hydroxyl groups is 1. The molecule has 1 heterocycles. The summed E-state index contributed by atoms with van der Waals surface area (Å²) in [6.45, 7) is -0.0780. The van der Waals surface area contributed by atoms with Gasteiger partial charge in [0, 0.05) is 11.6 Å². The van der Waals surface area contributed by atoms with Crippen molar-refractivity contribution in [3.8, 4) is 0 Å². The van der Waals surface area contributed by atoms with Crippen molar-refractivity contribution in [3.63, 3.8) is 0 Å². The van der Waals surface area contributed by atoms with Crippen LogP contribution in [0.5, 0.6) is 0 Å². The van der Waals surface area contributed by atoms with Gasteiger partial charge in [-0.25, -0.2) is 0 Å². The van der Waals surface area contributed by atoms with Crippen molar-refractivity contribution in [2.75, 3.05) is 6.61 Å². The Hall–Kier alpha value is -1.45. The summed E-state index contributed by atoms with van der Waals surface area (Å²) in [6, 6.07) is 9.46. The molecule has 0 radical (unpaired) electrons. The van der Waals surface area contributed by atoms with Gasteiger partial charge in [-0.2, -0.15) is 0 Å². The summed E-state index contributed by atoms with van der Waals surface area (Å²) < 4.78 is 0. The van der Waals surface area contributed by atoms with Gasteiger partial charge in [0.05, 0.1) is 18.3 Å². The van der Waals surface area contributed by atoms with Crippen molar-refractivity contribution in [1.82, 2.24) is 4.98 Å². The van der Waals surface area contributed by atoms with E-state index in [1.54, 1.807) is 6.20 Å². The Morgan fingerprint density at radius 1 is 1.29 bits per heavy atom. The molecule has 1 atom stereocenters. The highest BCUT2D eigenvalue weighted by Crippen LogP contribution is 2.16. The van der Waals surface area contributed by atoms with E-state index in [1.807, 2.05) is 30.3 Å². The molecule has 0 aliphatic heterocycles. The van der Waals surface area contributed by atoms with Crippen molar-refractivity contribution in [1.29, 1.82) is 0 Å². The fourth-order valence-electron chi connectivity index (χ4n) is 1.40. The molecule has 72 valence electrons. The molecule has 3 N–H and O–H groups in total. The average molecular weight is 188 g/mol. The van der Waals surface area contributed by atoms with Crippen molar-refractivity contribution in [3.05, 3.63) is 42.2 Å². The number of hydrogen-bond acceptors (Lipinski definition) is 3. The first-order chi connectivity index (χ1) is 6.81. The maximum atomic E-state index is 8.90. The number of aromatic nitrogens is 1. The molecule has 0 bridgehead atoms. The van der Waals surface area contributed by atoms with Crippen LogP contribution in [0.1, 0.15) is 11.7 Å². The first-order valence-electron chi connectivity index (χ1n) is 4.52. The quantitative estimate of drug-likeness (QED) is 0.745. The first-order valence-corrected chi connectivity index (χ1v) is 4.52. The fourth-order valence-corrected chi connectivity index (χ4v) is 1.40. The number of fused-ring (bicyclic) bond motifs is 1. The minimum absolute atomic E-state index is 0.0780. The van der Waals surface area contributed by atoms with Crippen LogP contribution in [0.3, 0.4) is 0 Å². The van der Waals surface area contributed by atoms with E-state index in [1.165, 1.54) is 0 Å². The molecule has 0 aliphatic rings. The lowest BCUT2D eigenvalue weighted by atomic mass is 10.1. The molecule has 2 rings (SSSR count). The summed E-state index contributed by atoms with van der Waals surface area (Å²) in [5, 5.41) is 11.1. The monoisotopic (exact) mass is 188 g/mol. The van der Waals surface area contributed by atoms with Gasteiger partial charge in [0.1, 0.15) is 0 Å². The molecule has 3 nitrogen and oxygen atoms in total. The van der Waals surface area contributed by atoms with Gasteiger partial charge in [0.25, 0.3) is 0 Å². The molecule has 0 aliphatic carbocycles. The number of pyridine rings is 1. The molecule has 0 unspecified atom stereocenters. The second-order valence-corrected chi connectivity index (χ2v) is 3.25. The maximum Gasteiger partial charge on any atom is 0.0705 e. The fraction of sp³-hybridized carbons (Fsp3) is 0.182. The third-order valence-electron chi connectivity index (χ3n) is 2.23. The first kappa shape index (κ1) is 9.12. The molecular formula is C11H12N2O. The molecule has 1 aromatic heterocycles. The highest BCUT2D eigenvalue weighted by atomic mass is 16.3. The largest absolute Gasteiger partial charge is 0.394 e. The van der Waals surface area contributed by atoms with Crippen LogP contribution in [-0.4, -0.2) is 16.7 Å². The van der Waals surface area contributed by atoms with E-state index in [9.17, 15) is 0 Å². The van der Waals surface area contributed by atoms with Gasteiger partial charge in [-0.3, -0.25) is 4.98 Å². The van der Waals surface area contributed by atoms with E-state index in [-0.39, 0.29) is 12.6 Å². The topological polar surface area (TPSA) is 59.1 Å². The Balaban J connectivity index is 2.51. The van der Waals surface area contributed by atoms with Gasteiger partial charge in [-0.05, 0) is 11.5 Å². The lowest BCUT2D eigenvalue weighted by molar-refractivity contribution is 0.266. The van der Waals surface area contributed by atoms with Gasteiger partial charge in [0.15, 0.2) is 0 Å². The molecule has 0 saturated carbocycles. The van der Waals surface area contributed by atoms with Gasteiger partial charge in [-0.15, -0.1) is 0 Å². The molecule has 0 saturated heterocycles. The second kappa shape index (κ2) is 3.74. The third-order valence-corrected chi connectivity index (χ3v) is 2.23. The minimum atomic E-state index is -0.389. The summed E-state index contributed by atoms with van der Waals surface area (Å²) >= 11 is 0. The summed E-state index contributed by atoms with van der Waals surface area (Å²) in [4.78, 5) is 4.19. The average Bonchev–Trinajstić information content (AvgIpc) is 2.27. The standard InChI is InChI=1S/C11H12N2O/c12-10(7-14)11-5-8-3-1-2-4-9(8)6-13-11/h1-6,10,14H,7,12H2/t10-/m0/s1. The normalized spacial score (nSPS) is 13.0. The molecule has 14 heavy (non-hydrogen) atoms. The lowest BCUT2D eigenvalue weighted by Crippen LogP contribution is -2.15. The number of nitrogens with two attached hydrogens (primary N) is 1. The van der Waals surface area contributed by atoms with Gasteiger partial charge >= 0.3 is 0 Å². The van der Waals surface area contributed by atoms with Crippen molar-refractivity contribution in [2.45, 2.75) is 6.04 Å². The van der Waals surface area contributed by atoms with E-state index in [0.29, 0.717) is 0 Å². The highest BCUT2D eigenvalue weighted by Gasteiger charge is 2.05. The minimum Gasteiger partial charge on any atom is -0.394 e. The van der Waals surface area contributed by atoms with Crippen LogP contribution in [0.4, 0.5) is 0 Å². The van der Waals surface area contributed by atoms with Crippen LogP contribution in [0.2, 0.25) is 0 Å². The van der Waals surface area contributed by atoms with E-state index >= 15 is 0 Å². The van der Waals surface area contributed by atoms with Crippen LogP contribution in [-0.2, 0) is 0 Å². The Labute approximate surface area is 82.2 Å². The zero-order valence-corrected chi connectivity index (χ0v) is 7.72. The maximum absolute atomic E-state index is 8.90. The SMILES string of the molecule is N[C@@H](CO)c1cc2ccccc2cn1.